The summed E-state index contributed by atoms with van der Waals surface area (Å²) in [7, 11) is 0. The lowest BCUT2D eigenvalue weighted by Gasteiger charge is -1.99. The van der Waals surface area contributed by atoms with E-state index in [0.717, 1.165) is 6.07 Å². The maximum absolute atomic E-state index is 13.3. The fourth-order valence-corrected chi connectivity index (χ4v) is 1.26. The molecule has 76 valence electrons. The van der Waals surface area contributed by atoms with Crippen molar-refractivity contribution in [2.75, 3.05) is 0 Å². The Morgan fingerprint density at radius 3 is 2.67 bits per heavy atom. The topological polar surface area (TPSA) is 50.4 Å². The van der Waals surface area contributed by atoms with Crippen LogP contribution in [-0.4, -0.2) is 11.4 Å². The van der Waals surface area contributed by atoms with Crippen molar-refractivity contribution < 1.29 is 18.7 Å². The van der Waals surface area contributed by atoms with Crippen molar-refractivity contribution in [1.29, 1.82) is 0 Å². The third-order valence-corrected chi connectivity index (χ3v) is 1.96. The molecule has 0 atom stereocenters. The second-order valence-corrected chi connectivity index (χ2v) is 2.98. The number of benzene rings is 1. The van der Waals surface area contributed by atoms with Gasteiger partial charge in [-0.05, 0) is 24.3 Å². The monoisotopic (exact) mass is 206 g/mol. The minimum atomic E-state index is -0.596. The van der Waals surface area contributed by atoms with Gasteiger partial charge < -0.3 is 9.52 Å². The standard InChI is InChI=1S/C11H7FO3/c12-10-5-7(14)1-3-9(10)11-4-2-8(6-13)15-11/h1-6,14H. The van der Waals surface area contributed by atoms with Crippen molar-refractivity contribution in [1.82, 2.24) is 0 Å². The summed E-state index contributed by atoms with van der Waals surface area (Å²) >= 11 is 0. The molecule has 0 aliphatic heterocycles. The van der Waals surface area contributed by atoms with E-state index < -0.39 is 5.82 Å². The van der Waals surface area contributed by atoms with E-state index in [9.17, 15) is 9.18 Å². The predicted molar refractivity (Wildman–Crippen MR) is 51.2 cm³/mol. The van der Waals surface area contributed by atoms with E-state index in [4.69, 9.17) is 9.52 Å². The quantitative estimate of drug-likeness (QED) is 0.768. The molecule has 0 aliphatic carbocycles. The van der Waals surface area contributed by atoms with Crippen LogP contribution in [0.5, 0.6) is 5.75 Å². The van der Waals surface area contributed by atoms with E-state index in [1.54, 1.807) is 0 Å². The zero-order valence-electron chi connectivity index (χ0n) is 7.61. The maximum atomic E-state index is 13.3. The van der Waals surface area contributed by atoms with Crippen molar-refractivity contribution >= 4 is 6.29 Å². The van der Waals surface area contributed by atoms with Crippen molar-refractivity contribution in [3.05, 3.63) is 41.9 Å². The number of aldehydes is 1. The average Bonchev–Trinajstić information content (AvgIpc) is 2.66. The zero-order valence-corrected chi connectivity index (χ0v) is 7.61. The van der Waals surface area contributed by atoms with Crippen LogP contribution < -0.4 is 0 Å². The fourth-order valence-electron chi connectivity index (χ4n) is 1.26. The highest BCUT2D eigenvalue weighted by atomic mass is 19.1. The lowest BCUT2D eigenvalue weighted by molar-refractivity contribution is 0.110. The summed E-state index contributed by atoms with van der Waals surface area (Å²) in [6.45, 7) is 0. The fraction of sp³-hybridized carbons (Fsp3) is 0. The van der Waals surface area contributed by atoms with Crippen molar-refractivity contribution in [3.8, 4) is 17.1 Å². The number of rotatable bonds is 2. The van der Waals surface area contributed by atoms with Gasteiger partial charge in [0, 0.05) is 6.07 Å². The molecular weight excluding hydrogens is 199 g/mol. The number of phenols is 1. The third kappa shape index (κ3) is 1.74. The van der Waals surface area contributed by atoms with Gasteiger partial charge in [0.15, 0.2) is 12.0 Å². The number of halogens is 1. The Balaban J connectivity index is 2.49. The molecule has 0 saturated heterocycles. The molecule has 2 aromatic rings. The minimum Gasteiger partial charge on any atom is -0.508 e. The van der Waals surface area contributed by atoms with Gasteiger partial charge in [0.05, 0.1) is 5.56 Å². The highest BCUT2D eigenvalue weighted by molar-refractivity contribution is 5.73. The molecule has 0 aliphatic rings. The van der Waals surface area contributed by atoms with Gasteiger partial charge in [0.2, 0.25) is 0 Å². The van der Waals surface area contributed by atoms with Crippen LogP contribution in [0.1, 0.15) is 10.6 Å². The summed E-state index contributed by atoms with van der Waals surface area (Å²) in [5, 5.41) is 9.01. The Bertz CT molecular complexity index is 502. The summed E-state index contributed by atoms with van der Waals surface area (Å²) < 4.78 is 18.4. The molecule has 0 bridgehead atoms. The summed E-state index contributed by atoms with van der Waals surface area (Å²) in [6.07, 6.45) is 0.543. The number of hydrogen-bond donors (Lipinski definition) is 1. The van der Waals surface area contributed by atoms with Crippen LogP contribution in [0.15, 0.2) is 34.7 Å². The minimum absolute atomic E-state index is 0.137. The second kappa shape index (κ2) is 3.57. The first-order valence-electron chi connectivity index (χ1n) is 4.24. The van der Waals surface area contributed by atoms with Crippen LogP contribution in [0, 0.1) is 5.82 Å². The maximum Gasteiger partial charge on any atom is 0.185 e. The number of carbonyl (C=O) groups is 1. The van der Waals surface area contributed by atoms with Crippen LogP contribution >= 0.6 is 0 Å². The predicted octanol–water partition coefficient (Wildman–Crippen LogP) is 2.60. The Kier molecular flexibility index (Phi) is 2.25. The van der Waals surface area contributed by atoms with Crippen LogP contribution in [0.2, 0.25) is 0 Å². The summed E-state index contributed by atoms with van der Waals surface area (Å²) in [6, 6.07) is 6.67. The van der Waals surface area contributed by atoms with E-state index >= 15 is 0 Å². The van der Waals surface area contributed by atoms with Gasteiger partial charge >= 0.3 is 0 Å². The molecule has 0 spiro atoms. The molecule has 1 N–H and O–H groups in total. The molecule has 3 nitrogen and oxygen atoms in total. The van der Waals surface area contributed by atoms with E-state index in [2.05, 4.69) is 0 Å². The van der Waals surface area contributed by atoms with Gasteiger partial charge in [-0.15, -0.1) is 0 Å². The van der Waals surface area contributed by atoms with Crippen molar-refractivity contribution in [3.63, 3.8) is 0 Å². The van der Waals surface area contributed by atoms with Crippen molar-refractivity contribution in [2.24, 2.45) is 0 Å². The normalized spacial score (nSPS) is 10.2. The molecule has 2 rings (SSSR count). The van der Waals surface area contributed by atoms with E-state index in [0.29, 0.717) is 6.29 Å². The van der Waals surface area contributed by atoms with Crippen LogP contribution in [0.4, 0.5) is 4.39 Å². The number of hydrogen-bond acceptors (Lipinski definition) is 3. The zero-order chi connectivity index (χ0) is 10.8. The molecule has 0 unspecified atom stereocenters. The average molecular weight is 206 g/mol. The number of carbonyl (C=O) groups excluding carboxylic acids is 1. The van der Waals surface area contributed by atoms with Gasteiger partial charge in [0.25, 0.3) is 0 Å². The molecular formula is C11H7FO3. The van der Waals surface area contributed by atoms with E-state index in [1.165, 1.54) is 24.3 Å². The lowest BCUT2D eigenvalue weighted by Crippen LogP contribution is -1.81. The number of aromatic hydroxyl groups is 1. The smallest absolute Gasteiger partial charge is 0.185 e. The van der Waals surface area contributed by atoms with E-state index in [-0.39, 0.29) is 22.8 Å². The highest BCUT2D eigenvalue weighted by Crippen LogP contribution is 2.26. The summed E-state index contributed by atoms with van der Waals surface area (Å²) in [5.74, 6) is -0.354. The molecule has 1 heterocycles. The molecule has 0 fully saturated rings. The molecule has 0 amide bonds. The molecule has 15 heavy (non-hydrogen) atoms. The number of phenolic OH excluding ortho intramolecular Hbond substituents is 1. The third-order valence-electron chi connectivity index (χ3n) is 1.96. The second-order valence-electron chi connectivity index (χ2n) is 2.98. The molecule has 4 heteroatoms. The largest absolute Gasteiger partial charge is 0.508 e. The van der Waals surface area contributed by atoms with Gasteiger partial charge in [-0.3, -0.25) is 4.79 Å². The Morgan fingerprint density at radius 2 is 2.07 bits per heavy atom. The molecule has 0 saturated carbocycles. The Labute approximate surface area is 84.8 Å². The van der Waals surface area contributed by atoms with Crippen molar-refractivity contribution in [2.45, 2.75) is 0 Å². The first kappa shape index (κ1) is 9.45. The van der Waals surface area contributed by atoms with Gasteiger partial charge in [-0.1, -0.05) is 0 Å². The van der Waals surface area contributed by atoms with Crippen LogP contribution in [-0.2, 0) is 0 Å². The first-order valence-corrected chi connectivity index (χ1v) is 4.24. The Morgan fingerprint density at radius 1 is 1.27 bits per heavy atom. The molecule has 1 aromatic heterocycles. The van der Waals surface area contributed by atoms with Gasteiger partial charge in [0.1, 0.15) is 17.3 Å². The summed E-state index contributed by atoms with van der Waals surface area (Å²) in [4.78, 5) is 10.4. The highest BCUT2D eigenvalue weighted by Gasteiger charge is 2.09. The van der Waals surface area contributed by atoms with E-state index in [1.807, 2.05) is 0 Å². The first-order chi connectivity index (χ1) is 7.20. The number of furan rings is 1. The molecule has 1 aromatic carbocycles. The summed E-state index contributed by atoms with van der Waals surface area (Å²) in [5.41, 5.74) is 0.209. The van der Waals surface area contributed by atoms with Crippen LogP contribution in [0.25, 0.3) is 11.3 Å². The SMILES string of the molecule is O=Cc1ccc(-c2ccc(O)cc2F)o1. The van der Waals surface area contributed by atoms with Gasteiger partial charge in [-0.25, -0.2) is 4.39 Å². The molecule has 0 radical (unpaired) electrons. The van der Waals surface area contributed by atoms with Gasteiger partial charge in [-0.2, -0.15) is 0 Å². The lowest BCUT2D eigenvalue weighted by atomic mass is 10.1. The Hall–Kier alpha value is -2.10. The van der Waals surface area contributed by atoms with Crippen LogP contribution in [0.3, 0.4) is 0 Å².